The molecule has 3 amide bonds. The Morgan fingerprint density at radius 3 is 2.49 bits per heavy atom. The second kappa shape index (κ2) is 13.1. The first kappa shape index (κ1) is 32.5. The smallest absolute Gasteiger partial charge is 0.252 e. The largest absolute Gasteiger partial charge is 0.351 e. The molecule has 0 unspecified atom stereocenters. The van der Waals surface area contributed by atoms with Crippen LogP contribution in [0.5, 0.6) is 0 Å². The second-order valence-corrected chi connectivity index (χ2v) is 10.8. The number of amides is 3. The molecule has 1 N–H and O–H groups in total. The van der Waals surface area contributed by atoms with E-state index in [0.29, 0.717) is 0 Å². The molecule has 1 saturated heterocycles. The van der Waals surface area contributed by atoms with Gasteiger partial charge in [-0.25, -0.2) is 18.6 Å². The minimum Gasteiger partial charge on any atom is -0.351 e. The van der Waals surface area contributed by atoms with E-state index in [1.807, 2.05) is 12.1 Å². The van der Waals surface area contributed by atoms with Gasteiger partial charge in [0.05, 0.1) is 24.3 Å². The van der Waals surface area contributed by atoms with Crippen LogP contribution in [0.3, 0.4) is 0 Å². The molecule has 13 heteroatoms. The highest BCUT2D eigenvalue weighted by Gasteiger charge is 2.48. The number of carbonyl (C=O) groups is 3. The van der Waals surface area contributed by atoms with Crippen LogP contribution in [0.4, 0.5) is 26.0 Å². The molecule has 2 heterocycles. The molecule has 2 aromatic carbocycles. The summed E-state index contributed by atoms with van der Waals surface area (Å²) < 4.78 is 27.4. The number of alkyl halides is 2. The van der Waals surface area contributed by atoms with E-state index < -0.39 is 54.6 Å². The van der Waals surface area contributed by atoms with Crippen molar-refractivity contribution in [1.82, 2.24) is 10.3 Å². The first-order valence-electron chi connectivity index (χ1n) is 13.4. The number of nitrogens with one attached hydrogen (secondary N) is 1. The van der Waals surface area contributed by atoms with Crippen molar-refractivity contribution in [2.75, 3.05) is 9.80 Å². The number of rotatable bonds is 7. The Kier molecular flexibility index (Phi) is 9.46. The molecule has 2 fully saturated rings. The van der Waals surface area contributed by atoms with Crippen molar-refractivity contribution in [3.63, 3.8) is 0 Å². The Hall–Kier alpha value is -5.38. The van der Waals surface area contributed by atoms with Gasteiger partial charge in [0.2, 0.25) is 11.8 Å². The van der Waals surface area contributed by atoms with Crippen LogP contribution in [-0.2, 0) is 14.4 Å². The number of nitrogens with zero attached hydrogens (tertiary/aromatic N) is 6. The molecule has 2 aliphatic rings. The Morgan fingerprint density at radius 2 is 1.84 bits per heavy atom. The molecule has 5 rings (SSSR count). The summed E-state index contributed by atoms with van der Waals surface area (Å²) in [5, 5.41) is 21.8. The average Bonchev–Trinajstić information content (AvgIpc) is 3.39. The topological polar surface area (TPSA) is 135 Å². The van der Waals surface area contributed by atoms with E-state index >= 15 is 0 Å². The van der Waals surface area contributed by atoms with Crippen LogP contribution in [-0.4, -0.2) is 40.7 Å². The molecule has 2 atom stereocenters. The lowest BCUT2D eigenvalue weighted by Gasteiger charge is -2.39. The number of hydrogen-bond acceptors (Lipinski definition) is 6. The first-order valence-corrected chi connectivity index (χ1v) is 13.8. The number of carbonyl (C=O) groups excluding carboxylic acids is 3. The van der Waals surface area contributed by atoms with Crippen molar-refractivity contribution in [3.05, 3.63) is 93.9 Å². The molecule has 228 valence electrons. The van der Waals surface area contributed by atoms with Crippen molar-refractivity contribution in [2.45, 2.75) is 57.2 Å². The van der Waals surface area contributed by atoms with Crippen LogP contribution in [0, 0.1) is 29.2 Å². The van der Waals surface area contributed by atoms with E-state index in [2.05, 4.69) is 15.1 Å². The average molecular weight is 630 g/mol. The molecule has 1 aromatic heterocycles. The van der Waals surface area contributed by atoms with E-state index in [-0.39, 0.29) is 59.2 Å². The fourth-order valence-corrected chi connectivity index (χ4v) is 5.63. The van der Waals surface area contributed by atoms with E-state index in [4.69, 9.17) is 18.2 Å². The number of halogens is 3. The minimum atomic E-state index is -2.94. The van der Waals surface area contributed by atoms with Gasteiger partial charge >= 0.3 is 0 Å². The number of nitriles is 2. The number of hydrogen-bond donors (Lipinski definition) is 1. The molecule has 10 nitrogen and oxygen atoms in total. The molecule has 0 bridgehead atoms. The third-order valence-electron chi connectivity index (χ3n) is 7.44. The zero-order chi connectivity index (χ0) is 31.6. The van der Waals surface area contributed by atoms with Gasteiger partial charge in [-0.2, -0.15) is 10.5 Å². The molecule has 1 saturated carbocycles. The zero-order valence-electron chi connectivity index (χ0n) is 22.9. The molecular weight excluding hydrogens is 604 g/mol. The Bertz CT molecular complexity index is 1760. The van der Waals surface area contributed by atoms with Crippen LogP contribution in [0.1, 0.15) is 55.8 Å². The molecule has 1 aliphatic carbocycles. The summed E-state index contributed by atoms with van der Waals surface area (Å²) in [6.07, 6.45) is 0.130. The SMILES string of the molecule is C.[C-]#[N+]c1cc(C#N)cc(N(C(=O)[C@@H]2CCC(=O)N2c2cc(C#N)ccn2)[C@H](C(=O)NC2CC(F)(F)C2)c2ccccc2Cl)c1. The van der Waals surface area contributed by atoms with Gasteiger partial charge in [0.15, 0.2) is 5.69 Å². The van der Waals surface area contributed by atoms with Gasteiger partial charge < -0.3 is 5.32 Å². The van der Waals surface area contributed by atoms with Gasteiger partial charge in [-0.05, 0) is 42.8 Å². The van der Waals surface area contributed by atoms with E-state index in [9.17, 15) is 33.7 Å². The molecule has 3 aromatic rings. The van der Waals surface area contributed by atoms with Gasteiger partial charge in [0.25, 0.3) is 11.8 Å². The predicted molar refractivity (Wildman–Crippen MR) is 161 cm³/mol. The highest BCUT2D eigenvalue weighted by Crippen LogP contribution is 2.40. The van der Waals surface area contributed by atoms with Crippen molar-refractivity contribution in [3.8, 4) is 12.1 Å². The van der Waals surface area contributed by atoms with Crippen molar-refractivity contribution >= 4 is 46.5 Å². The maximum Gasteiger partial charge on any atom is 0.252 e. The normalized spacial score (nSPS) is 17.5. The quantitative estimate of drug-likeness (QED) is 0.326. The van der Waals surface area contributed by atoms with Crippen LogP contribution >= 0.6 is 11.6 Å². The predicted octanol–water partition coefficient (Wildman–Crippen LogP) is 5.85. The van der Waals surface area contributed by atoms with Crippen LogP contribution in [0.25, 0.3) is 4.85 Å². The van der Waals surface area contributed by atoms with Crippen LogP contribution in [0.2, 0.25) is 5.02 Å². The molecular formula is C32H26ClF2N7O3. The summed E-state index contributed by atoms with van der Waals surface area (Å²) in [5.41, 5.74) is 0.352. The maximum atomic E-state index is 14.7. The summed E-state index contributed by atoms with van der Waals surface area (Å²) in [6, 6.07) is 13.2. The van der Waals surface area contributed by atoms with Gasteiger partial charge in [-0.1, -0.05) is 37.2 Å². The summed E-state index contributed by atoms with van der Waals surface area (Å²) in [6.45, 7) is 7.54. The lowest BCUT2D eigenvalue weighted by atomic mass is 9.87. The summed E-state index contributed by atoms with van der Waals surface area (Å²) in [5.74, 6) is -4.93. The summed E-state index contributed by atoms with van der Waals surface area (Å²) in [7, 11) is 0. The van der Waals surface area contributed by atoms with Crippen molar-refractivity contribution in [2.24, 2.45) is 0 Å². The Labute approximate surface area is 263 Å². The van der Waals surface area contributed by atoms with E-state index in [1.54, 1.807) is 12.1 Å². The minimum absolute atomic E-state index is 0. The third-order valence-corrected chi connectivity index (χ3v) is 7.78. The van der Waals surface area contributed by atoms with Gasteiger partial charge in [0, 0.05) is 53.3 Å². The van der Waals surface area contributed by atoms with Gasteiger partial charge in [0.1, 0.15) is 17.9 Å². The Morgan fingerprint density at radius 1 is 1.13 bits per heavy atom. The fourth-order valence-electron chi connectivity index (χ4n) is 5.39. The third kappa shape index (κ3) is 6.59. The number of pyridine rings is 1. The number of aromatic nitrogens is 1. The second-order valence-electron chi connectivity index (χ2n) is 10.4. The van der Waals surface area contributed by atoms with Crippen molar-refractivity contribution < 1.29 is 23.2 Å². The highest BCUT2D eigenvalue weighted by atomic mass is 35.5. The lowest BCUT2D eigenvalue weighted by molar-refractivity contribution is -0.133. The molecule has 45 heavy (non-hydrogen) atoms. The van der Waals surface area contributed by atoms with Crippen LogP contribution < -0.4 is 15.1 Å². The molecule has 1 aliphatic heterocycles. The number of benzene rings is 2. The fraction of sp³-hybridized carbons (Fsp3) is 0.281. The molecule has 0 spiro atoms. The standard InChI is InChI=1S/C31H22ClF2N7O3.CH4/c1-37-20-10-19(17-36)11-22(13-20)40(30(44)25-6-7-27(42)41(25)26-12-18(16-35)8-9-38-26)28(23-4-2-3-5-24(23)32)29(43)39-21-14-31(33,34)15-21;/h2-5,8-13,21,25,28H,6-7,14-15H2,(H,39,43);1H4/t25-,28-;/m0./s1. The first-order chi connectivity index (χ1) is 21.0. The van der Waals surface area contributed by atoms with E-state index in [1.165, 1.54) is 48.7 Å². The summed E-state index contributed by atoms with van der Waals surface area (Å²) in [4.78, 5) is 51.6. The van der Waals surface area contributed by atoms with Gasteiger partial charge in [-0.15, -0.1) is 0 Å². The van der Waals surface area contributed by atoms with E-state index in [0.717, 1.165) is 9.80 Å². The number of anilines is 2. The Balaban J connectivity index is 0.00000461. The highest BCUT2D eigenvalue weighted by molar-refractivity contribution is 6.31. The molecule has 0 radical (unpaired) electrons. The monoisotopic (exact) mass is 629 g/mol. The zero-order valence-corrected chi connectivity index (χ0v) is 23.6. The van der Waals surface area contributed by atoms with Gasteiger partial charge in [-0.3, -0.25) is 24.2 Å². The lowest BCUT2D eigenvalue weighted by Crippen LogP contribution is -2.56. The maximum absolute atomic E-state index is 14.7. The summed E-state index contributed by atoms with van der Waals surface area (Å²) >= 11 is 6.54. The van der Waals surface area contributed by atoms with Crippen LogP contribution in [0.15, 0.2) is 60.8 Å². The van der Waals surface area contributed by atoms with Crippen molar-refractivity contribution in [1.29, 1.82) is 10.5 Å².